The first-order chi connectivity index (χ1) is 13.8. The Balaban J connectivity index is 1.81. The number of carbonyl (C=O) groups excluding carboxylic acids is 1. The normalized spacial score (nSPS) is 18.7. The molecule has 0 unspecified atom stereocenters. The summed E-state index contributed by atoms with van der Waals surface area (Å²) in [6, 6.07) is 9.96. The number of nitrogens with zero attached hydrogens (tertiary/aromatic N) is 2. The van der Waals surface area contributed by atoms with Gasteiger partial charge in [-0.25, -0.2) is 8.42 Å². The number of amides is 1. The number of ether oxygens (including phenoxy) is 1. The summed E-state index contributed by atoms with van der Waals surface area (Å²) in [6.45, 7) is 4.21. The van der Waals surface area contributed by atoms with Crippen LogP contribution in [0.1, 0.15) is 20.3 Å². The lowest BCUT2D eigenvalue weighted by Gasteiger charge is -2.35. The van der Waals surface area contributed by atoms with Crippen molar-refractivity contribution in [2.75, 3.05) is 28.0 Å². The summed E-state index contributed by atoms with van der Waals surface area (Å²) < 4.78 is 34.5. The molecule has 0 aliphatic carbocycles. The highest BCUT2D eigenvalue weighted by atomic mass is 35.5. The van der Waals surface area contributed by atoms with Gasteiger partial charge in [0.1, 0.15) is 11.9 Å². The van der Waals surface area contributed by atoms with E-state index in [2.05, 4.69) is 0 Å². The van der Waals surface area contributed by atoms with Crippen molar-refractivity contribution in [2.45, 2.75) is 36.2 Å². The van der Waals surface area contributed by atoms with Crippen LogP contribution in [0.5, 0.6) is 5.75 Å². The minimum Gasteiger partial charge on any atom is -0.486 e. The van der Waals surface area contributed by atoms with E-state index in [4.69, 9.17) is 16.3 Å². The van der Waals surface area contributed by atoms with Gasteiger partial charge in [-0.15, -0.1) is 11.8 Å². The largest absolute Gasteiger partial charge is 0.486 e. The minimum absolute atomic E-state index is 0.101. The number of thioether (sulfide) groups is 1. The minimum atomic E-state index is -3.87. The molecule has 0 bridgehead atoms. The molecule has 1 amide bonds. The number of carbonyl (C=O) groups is 1. The molecule has 2 aromatic carbocycles. The van der Waals surface area contributed by atoms with Crippen LogP contribution in [0, 0.1) is 0 Å². The molecule has 9 heteroatoms. The van der Waals surface area contributed by atoms with Crippen molar-refractivity contribution in [1.29, 1.82) is 0 Å². The highest BCUT2D eigenvalue weighted by molar-refractivity contribution is 7.99. The van der Waals surface area contributed by atoms with Gasteiger partial charge in [0, 0.05) is 29.1 Å². The summed E-state index contributed by atoms with van der Waals surface area (Å²) in [4.78, 5) is 14.7. The highest BCUT2D eigenvalue weighted by Gasteiger charge is 2.35. The zero-order chi connectivity index (χ0) is 20.8. The van der Waals surface area contributed by atoms with E-state index in [1.165, 1.54) is 11.2 Å². The number of benzene rings is 2. The first-order valence-electron chi connectivity index (χ1n) is 9.35. The quantitative estimate of drug-likeness (QED) is 0.699. The summed E-state index contributed by atoms with van der Waals surface area (Å²) in [6.07, 6.45) is 0.424. The molecule has 0 radical (unpaired) electrons. The fraction of sp³-hybridized carbons (Fsp3) is 0.350. The average Bonchev–Trinajstić information content (AvgIpc) is 2.71. The summed E-state index contributed by atoms with van der Waals surface area (Å²) in [7, 11) is -3.87. The Labute approximate surface area is 179 Å². The van der Waals surface area contributed by atoms with Gasteiger partial charge in [-0.3, -0.25) is 9.10 Å². The van der Waals surface area contributed by atoms with E-state index in [0.717, 1.165) is 10.6 Å². The molecule has 6 nitrogen and oxygen atoms in total. The second kappa shape index (κ2) is 7.74. The monoisotopic (exact) mass is 452 g/mol. The lowest BCUT2D eigenvalue weighted by atomic mass is 10.2. The summed E-state index contributed by atoms with van der Waals surface area (Å²) >= 11 is 7.75. The summed E-state index contributed by atoms with van der Waals surface area (Å²) in [5, 5.41) is 0.437. The van der Waals surface area contributed by atoms with Crippen LogP contribution in [0.15, 0.2) is 46.2 Å². The molecule has 1 atom stereocenters. The van der Waals surface area contributed by atoms with Crippen LogP contribution in [0.4, 0.5) is 11.4 Å². The molecule has 2 heterocycles. The second-order valence-electron chi connectivity index (χ2n) is 6.94. The highest BCUT2D eigenvalue weighted by Crippen LogP contribution is 2.41. The molecule has 0 spiro atoms. The molecule has 0 aromatic heterocycles. The molecule has 0 fully saturated rings. The Bertz CT molecular complexity index is 1070. The maximum atomic E-state index is 13.6. The van der Waals surface area contributed by atoms with E-state index in [-0.39, 0.29) is 23.5 Å². The number of halogens is 1. The van der Waals surface area contributed by atoms with Gasteiger partial charge in [-0.2, -0.15) is 0 Å². The molecule has 2 aromatic rings. The van der Waals surface area contributed by atoms with Crippen LogP contribution < -0.4 is 13.9 Å². The van der Waals surface area contributed by atoms with Crippen molar-refractivity contribution < 1.29 is 17.9 Å². The van der Waals surface area contributed by atoms with E-state index in [1.54, 1.807) is 53.1 Å². The molecule has 154 valence electrons. The summed E-state index contributed by atoms with van der Waals surface area (Å²) in [5.41, 5.74) is 1.07. The molecule has 29 heavy (non-hydrogen) atoms. The first-order valence-corrected chi connectivity index (χ1v) is 12.2. The number of sulfonamides is 1. The third kappa shape index (κ3) is 3.69. The van der Waals surface area contributed by atoms with Crippen molar-refractivity contribution in [2.24, 2.45) is 0 Å². The smallest absolute Gasteiger partial charge is 0.264 e. The van der Waals surface area contributed by atoms with Crippen molar-refractivity contribution in [3.05, 3.63) is 41.4 Å². The van der Waals surface area contributed by atoms with Crippen LogP contribution in [-0.4, -0.2) is 39.3 Å². The van der Waals surface area contributed by atoms with Gasteiger partial charge in [0.15, 0.2) is 0 Å². The average molecular weight is 453 g/mol. The van der Waals surface area contributed by atoms with E-state index in [1.807, 2.05) is 6.92 Å². The van der Waals surface area contributed by atoms with Crippen molar-refractivity contribution in [3.8, 4) is 5.75 Å². The first kappa shape index (κ1) is 20.4. The van der Waals surface area contributed by atoms with Crippen molar-refractivity contribution >= 4 is 50.7 Å². The number of fused-ring (bicyclic) bond motifs is 2. The van der Waals surface area contributed by atoms with Crippen LogP contribution in [0.25, 0.3) is 0 Å². The van der Waals surface area contributed by atoms with Crippen LogP contribution >= 0.6 is 23.4 Å². The predicted octanol–water partition coefficient (Wildman–Crippen LogP) is 4.16. The van der Waals surface area contributed by atoms with Gasteiger partial charge < -0.3 is 9.64 Å². The second-order valence-corrected chi connectivity index (χ2v) is 10.4. The topological polar surface area (TPSA) is 66.9 Å². The number of hydrogen-bond donors (Lipinski definition) is 0. The number of anilines is 2. The molecule has 0 saturated carbocycles. The third-order valence-corrected chi connectivity index (χ3v) is 8.12. The lowest BCUT2D eigenvalue weighted by Crippen LogP contribution is -2.43. The molecular weight excluding hydrogens is 432 g/mol. The molecule has 0 N–H and O–H groups in total. The molecule has 2 aliphatic rings. The fourth-order valence-corrected chi connectivity index (χ4v) is 6.20. The Kier molecular flexibility index (Phi) is 5.44. The Morgan fingerprint density at radius 2 is 2.03 bits per heavy atom. The van der Waals surface area contributed by atoms with Gasteiger partial charge in [0.2, 0.25) is 5.91 Å². The van der Waals surface area contributed by atoms with Crippen LogP contribution in [0.2, 0.25) is 5.02 Å². The van der Waals surface area contributed by atoms with E-state index in [9.17, 15) is 13.2 Å². The van der Waals surface area contributed by atoms with Gasteiger partial charge >= 0.3 is 0 Å². The van der Waals surface area contributed by atoms with Crippen molar-refractivity contribution in [1.82, 2.24) is 0 Å². The molecular formula is C20H21ClN2O4S2. The Hall–Kier alpha value is -1.90. The van der Waals surface area contributed by atoms with E-state index < -0.39 is 10.0 Å². The Morgan fingerprint density at radius 1 is 1.24 bits per heavy atom. The Morgan fingerprint density at radius 3 is 2.76 bits per heavy atom. The SMILES string of the molecule is CC[C@@H]1CN(S(=O)(=O)c2ccc3c(c2)N(C(C)=O)CCS3)c2cc(Cl)ccc2O1. The molecule has 4 rings (SSSR count). The van der Waals surface area contributed by atoms with Crippen LogP contribution in [-0.2, 0) is 14.8 Å². The van der Waals surface area contributed by atoms with Crippen molar-refractivity contribution in [3.63, 3.8) is 0 Å². The maximum absolute atomic E-state index is 13.6. The summed E-state index contributed by atoms with van der Waals surface area (Å²) in [5.74, 6) is 1.18. The zero-order valence-electron chi connectivity index (χ0n) is 16.1. The van der Waals surface area contributed by atoms with E-state index in [0.29, 0.717) is 35.1 Å². The van der Waals surface area contributed by atoms with Crippen LogP contribution in [0.3, 0.4) is 0 Å². The van der Waals surface area contributed by atoms with Gasteiger partial charge in [0.25, 0.3) is 10.0 Å². The standard InChI is InChI=1S/C20H21ClN2O4S2/c1-3-15-12-23(17-10-14(21)4-6-19(17)27-15)29(25,26)16-5-7-20-18(11-16)22(13(2)24)8-9-28-20/h4-7,10-11,15H,3,8-9,12H2,1-2H3/t15-/m1/s1. The number of hydrogen-bond acceptors (Lipinski definition) is 5. The van der Waals surface area contributed by atoms with Gasteiger partial charge in [-0.1, -0.05) is 18.5 Å². The van der Waals surface area contributed by atoms with Gasteiger partial charge in [-0.05, 0) is 42.8 Å². The lowest BCUT2D eigenvalue weighted by molar-refractivity contribution is -0.116. The fourth-order valence-electron chi connectivity index (χ4n) is 3.54. The van der Waals surface area contributed by atoms with Gasteiger partial charge in [0.05, 0.1) is 22.8 Å². The molecule has 2 aliphatic heterocycles. The predicted molar refractivity (Wildman–Crippen MR) is 116 cm³/mol. The maximum Gasteiger partial charge on any atom is 0.264 e. The molecule has 0 saturated heterocycles. The number of rotatable bonds is 3. The van der Waals surface area contributed by atoms with E-state index >= 15 is 0 Å². The third-order valence-electron chi connectivity index (χ3n) is 5.07. The zero-order valence-corrected chi connectivity index (χ0v) is 18.5.